The van der Waals surface area contributed by atoms with E-state index in [1.54, 1.807) is 0 Å². The Hall–Kier alpha value is -0.600. The minimum atomic E-state index is 0. The number of aryl methyl sites for hydroxylation is 2. The van der Waals surface area contributed by atoms with E-state index in [0.29, 0.717) is 11.8 Å². The van der Waals surface area contributed by atoms with Crippen LogP contribution in [0.1, 0.15) is 67.8 Å². The molecule has 0 amide bonds. The maximum absolute atomic E-state index is 2.26. The predicted octanol–water partition coefficient (Wildman–Crippen LogP) is 7.00. The summed E-state index contributed by atoms with van der Waals surface area (Å²) in [6.07, 6.45) is 0. The topological polar surface area (TPSA) is 0 Å². The Bertz CT molecular complexity index is 417. The van der Waals surface area contributed by atoms with Gasteiger partial charge in [0.05, 0.1) is 0 Å². The van der Waals surface area contributed by atoms with Gasteiger partial charge >= 0.3 is 0 Å². The molecule has 0 aliphatic carbocycles. The first kappa shape index (κ1) is 18.4. The molecule has 0 atom stereocenters. The lowest BCUT2D eigenvalue weighted by Gasteiger charge is -1.96. The monoisotopic (exact) mass is 296 g/mol. The molecule has 19 heavy (non-hydrogen) atoms. The first-order chi connectivity index (χ1) is 8.40. The standard InChI is InChI=1S/2C8H12S.CH4/c1-6(2)8-4-7(3)9-5-8;1-6(2)8-4-7(3)5-9-8;/h2*4-6H,1-3H3;1H4. The lowest BCUT2D eigenvalue weighted by molar-refractivity contribution is 0.871. The average Bonchev–Trinajstić information content (AvgIpc) is 2.88. The zero-order valence-electron chi connectivity index (χ0n) is 12.3. The molecule has 0 aliphatic rings. The zero-order valence-corrected chi connectivity index (χ0v) is 13.9. The molecule has 108 valence electrons. The van der Waals surface area contributed by atoms with Crippen molar-refractivity contribution < 1.29 is 0 Å². The maximum atomic E-state index is 2.26. The Morgan fingerprint density at radius 1 is 0.842 bits per heavy atom. The summed E-state index contributed by atoms with van der Waals surface area (Å²) in [5.74, 6) is 1.39. The van der Waals surface area contributed by atoms with Crippen LogP contribution in [-0.2, 0) is 0 Å². The van der Waals surface area contributed by atoms with Gasteiger partial charge in [-0.1, -0.05) is 35.1 Å². The summed E-state index contributed by atoms with van der Waals surface area (Å²) in [5, 5.41) is 4.44. The fourth-order valence-electron chi connectivity index (χ4n) is 1.52. The molecule has 0 spiro atoms. The highest BCUT2D eigenvalue weighted by molar-refractivity contribution is 7.10. The fraction of sp³-hybridized carbons (Fsp3) is 0.529. The highest BCUT2D eigenvalue weighted by Crippen LogP contribution is 2.22. The third-order valence-corrected chi connectivity index (χ3v) is 4.97. The van der Waals surface area contributed by atoms with Crippen LogP contribution in [0.25, 0.3) is 0 Å². The Morgan fingerprint density at radius 2 is 1.47 bits per heavy atom. The normalized spacial score (nSPS) is 10.1. The van der Waals surface area contributed by atoms with Crippen LogP contribution >= 0.6 is 22.7 Å². The van der Waals surface area contributed by atoms with Gasteiger partial charge < -0.3 is 0 Å². The van der Waals surface area contributed by atoms with Gasteiger partial charge in [-0.25, -0.2) is 0 Å². The summed E-state index contributed by atoms with van der Waals surface area (Å²) in [6, 6.07) is 4.52. The van der Waals surface area contributed by atoms with E-state index in [1.165, 1.54) is 20.9 Å². The van der Waals surface area contributed by atoms with Gasteiger partial charge in [-0.2, -0.15) is 0 Å². The van der Waals surface area contributed by atoms with Gasteiger partial charge in [0.25, 0.3) is 0 Å². The van der Waals surface area contributed by atoms with Crippen LogP contribution in [0.3, 0.4) is 0 Å². The van der Waals surface area contributed by atoms with Crippen LogP contribution in [0, 0.1) is 13.8 Å². The molecule has 2 heteroatoms. The molecular weight excluding hydrogens is 268 g/mol. The van der Waals surface area contributed by atoms with Crippen molar-refractivity contribution in [2.75, 3.05) is 0 Å². The highest BCUT2D eigenvalue weighted by Gasteiger charge is 1.99. The smallest absolute Gasteiger partial charge is 0.00734 e. The average molecular weight is 297 g/mol. The Kier molecular flexibility index (Phi) is 8.28. The van der Waals surface area contributed by atoms with Crippen molar-refractivity contribution in [1.29, 1.82) is 0 Å². The molecule has 0 unspecified atom stereocenters. The molecule has 2 heterocycles. The second kappa shape index (κ2) is 8.55. The van der Waals surface area contributed by atoms with E-state index in [2.05, 4.69) is 64.4 Å². The minimum Gasteiger partial charge on any atom is -0.149 e. The van der Waals surface area contributed by atoms with E-state index in [1.807, 2.05) is 22.7 Å². The molecule has 0 nitrogen and oxygen atoms in total. The van der Waals surface area contributed by atoms with Crippen molar-refractivity contribution in [3.05, 3.63) is 43.8 Å². The quantitative estimate of drug-likeness (QED) is 0.560. The maximum Gasteiger partial charge on any atom is 0.00734 e. The predicted molar refractivity (Wildman–Crippen MR) is 93.0 cm³/mol. The van der Waals surface area contributed by atoms with Gasteiger partial charge in [-0.05, 0) is 59.7 Å². The second-order valence-electron chi connectivity index (χ2n) is 5.33. The lowest BCUT2D eigenvalue weighted by Crippen LogP contribution is -1.79. The Labute approximate surface area is 127 Å². The molecular formula is C17H28S2. The Morgan fingerprint density at radius 3 is 1.68 bits per heavy atom. The summed E-state index contributed by atoms with van der Waals surface area (Å²) < 4.78 is 0. The molecule has 0 radical (unpaired) electrons. The van der Waals surface area contributed by atoms with Gasteiger partial charge in [0.15, 0.2) is 0 Å². The first-order valence-electron chi connectivity index (χ1n) is 6.50. The summed E-state index contributed by atoms with van der Waals surface area (Å²) in [4.78, 5) is 2.91. The second-order valence-corrected chi connectivity index (χ2v) is 7.38. The number of thiophene rings is 2. The molecule has 2 rings (SSSR count). The van der Waals surface area contributed by atoms with Gasteiger partial charge in [-0.15, -0.1) is 22.7 Å². The summed E-state index contributed by atoms with van der Waals surface area (Å²) in [5.41, 5.74) is 2.86. The third kappa shape index (κ3) is 6.40. The molecule has 0 saturated carbocycles. The summed E-state index contributed by atoms with van der Waals surface area (Å²) >= 11 is 3.69. The van der Waals surface area contributed by atoms with Crippen molar-refractivity contribution in [2.45, 2.75) is 60.8 Å². The van der Waals surface area contributed by atoms with E-state index in [9.17, 15) is 0 Å². The molecule has 2 aromatic heterocycles. The Balaban J connectivity index is 0.000000324. The molecule has 0 N–H and O–H groups in total. The van der Waals surface area contributed by atoms with E-state index < -0.39 is 0 Å². The van der Waals surface area contributed by atoms with Crippen molar-refractivity contribution in [3.8, 4) is 0 Å². The third-order valence-electron chi connectivity index (χ3n) is 2.74. The highest BCUT2D eigenvalue weighted by atomic mass is 32.1. The zero-order chi connectivity index (χ0) is 13.7. The van der Waals surface area contributed by atoms with Crippen molar-refractivity contribution in [1.82, 2.24) is 0 Å². The van der Waals surface area contributed by atoms with Crippen LogP contribution in [0.2, 0.25) is 0 Å². The van der Waals surface area contributed by atoms with Crippen LogP contribution in [0.4, 0.5) is 0 Å². The lowest BCUT2D eigenvalue weighted by atomic mass is 10.1. The van der Waals surface area contributed by atoms with Crippen molar-refractivity contribution >= 4 is 22.7 Å². The number of rotatable bonds is 2. The first-order valence-corrected chi connectivity index (χ1v) is 8.26. The number of hydrogen-bond donors (Lipinski definition) is 0. The SMILES string of the molecule is C.Cc1cc(C(C)C)cs1.Cc1csc(C(C)C)c1. The van der Waals surface area contributed by atoms with Crippen LogP contribution in [-0.4, -0.2) is 0 Å². The molecule has 0 bridgehead atoms. The largest absolute Gasteiger partial charge is 0.149 e. The number of hydrogen-bond acceptors (Lipinski definition) is 2. The van der Waals surface area contributed by atoms with E-state index in [0.717, 1.165) is 0 Å². The van der Waals surface area contributed by atoms with Gasteiger partial charge in [0, 0.05) is 9.75 Å². The van der Waals surface area contributed by atoms with Crippen LogP contribution < -0.4 is 0 Å². The van der Waals surface area contributed by atoms with E-state index >= 15 is 0 Å². The van der Waals surface area contributed by atoms with Gasteiger partial charge in [0.1, 0.15) is 0 Å². The van der Waals surface area contributed by atoms with Gasteiger partial charge in [-0.3, -0.25) is 0 Å². The molecule has 0 fully saturated rings. The van der Waals surface area contributed by atoms with Crippen molar-refractivity contribution in [2.24, 2.45) is 0 Å². The van der Waals surface area contributed by atoms with Crippen LogP contribution in [0.15, 0.2) is 22.9 Å². The molecule has 2 aromatic rings. The molecule has 0 aromatic carbocycles. The molecule has 0 aliphatic heterocycles. The summed E-state index contributed by atoms with van der Waals surface area (Å²) in [6.45, 7) is 13.2. The van der Waals surface area contributed by atoms with Gasteiger partial charge in [0.2, 0.25) is 0 Å². The molecule has 0 saturated heterocycles. The fourth-order valence-corrected chi connectivity index (χ4v) is 3.31. The summed E-state index contributed by atoms with van der Waals surface area (Å²) in [7, 11) is 0. The van der Waals surface area contributed by atoms with E-state index in [4.69, 9.17) is 0 Å². The van der Waals surface area contributed by atoms with Crippen LogP contribution in [0.5, 0.6) is 0 Å². The van der Waals surface area contributed by atoms with E-state index in [-0.39, 0.29) is 7.43 Å². The minimum absolute atomic E-state index is 0. The van der Waals surface area contributed by atoms with Crippen molar-refractivity contribution in [3.63, 3.8) is 0 Å².